The molecule has 1 aromatic carbocycles. The largest absolute Gasteiger partial charge is 0.507 e. The van der Waals surface area contributed by atoms with Crippen LogP contribution in [0.25, 0.3) is 0 Å². The second-order valence-corrected chi connectivity index (χ2v) is 22.0. The summed E-state index contributed by atoms with van der Waals surface area (Å²) in [5.41, 5.74) is 1.98. The molecule has 0 amide bonds. The summed E-state index contributed by atoms with van der Waals surface area (Å²) in [6, 6.07) is 4.21. The third-order valence-corrected chi connectivity index (χ3v) is 14.1. The third-order valence-electron chi connectivity index (χ3n) is 14.1. The van der Waals surface area contributed by atoms with Gasteiger partial charge in [-0.25, -0.2) is 0 Å². The van der Waals surface area contributed by atoms with Gasteiger partial charge in [0.1, 0.15) is 17.8 Å². The summed E-state index contributed by atoms with van der Waals surface area (Å²) < 4.78 is 6.58. The number of carbonyl (C=O) groups excluding carboxylic acids is 2. The van der Waals surface area contributed by atoms with E-state index in [2.05, 4.69) is 140 Å². The van der Waals surface area contributed by atoms with Crippen molar-refractivity contribution < 1.29 is 19.4 Å². The average Bonchev–Trinajstić information content (AvgIpc) is 2.94. The standard InChI is InChI=1S/C46H78N2O4/c1-18-19-20-34(30-23-35(41(2,3)4)39(50)36(24-30)42(5,6)7)37(40(51)52-33-27-45(12,13)48(17)46(14,15)28-33)38(49)31-21-29(22-31)32-25-43(8,9)47(16)44(10,11)26-32/h23-24,29,31-34,37,50H,18-22,25-28H2,1-17H3. The van der Waals surface area contributed by atoms with E-state index in [1.54, 1.807) is 0 Å². The Hall–Kier alpha value is -1.92. The molecule has 0 radical (unpaired) electrons. The van der Waals surface area contributed by atoms with Gasteiger partial charge in [0.05, 0.1) is 0 Å². The molecule has 0 bridgehead atoms. The number of benzene rings is 1. The number of phenolic OH excluding ortho intramolecular Hbond substituents is 1. The molecule has 2 unspecified atom stereocenters. The molecule has 0 aromatic heterocycles. The van der Waals surface area contributed by atoms with Crippen LogP contribution in [-0.4, -0.2) is 69.0 Å². The number of nitrogens with zero attached hydrogens (tertiary/aromatic N) is 2. The van der Waals surface area contributed by atoms with Crippen LogP contribution in [0.15, 0.2) is 12.1 Å². The van der Waals surface area contributed by atoms with E-state index >= 15 is 4.79 Å². The van der Waals surface area contributed by atoms with Gasteiger partial charge in [-0.05, 0) is 141 Å². The number of esters is 1. The number of piperidine rings is 2. The maximum Gasteiger partial charge on any atom is 0.317 e. The average molecular weight is 723 g/mol. The van der Waals surface area contributed by atoms with Gasteiger partial charge < -0.3 is 9.84 Å². The number of hydrogen-bond acceptors (Lipinski definition) is 6. The SMILES string of the molecule is CCCCC(c1cc(C(C)(C)C)c(O)c(C(C)(C)C)c1)C(C(=O)OC1CC(C)(C)N(C)C(C)(C)C1)C(=O)C1CC(C2CC(C)(C)N(C)C(C)(C)C2)C1. The highest BCUT2D eigenvalue weighted by molar-refractivity contribution is 6.01. The van der Waals surface area contributed by atoms with Gasteiger partial charge in [-0.2, -0.15) is 0 Å². The summed E-state index contributed by atoms with van der Waals surface area (Å²) in [6.07, 6.45) is 7.76. The highest BCUT2D eigenvalue weighted by Gasteiger charge is 2.52. The zero-order valence-corrected chi connectivity index (χ0v) is 36.5. The lowest BCUT2D eigenvalue weighted by atomic mass is 9.58. The Morgan fingerprint density at radius 3 is 1.60 bits per heavy atom. The Labute approximate surface area is 319 Å². The molecular weight excluding hydrogens is 645 g/mol. The van der Waals surface area contributed by atoms with Gasteiger partial charge in [0.15, 0.2) is 5.78 Å². The van der Waals surface area contributed by atoms with E-state index in [0.29, 0.717) is 17.6 Å². The van der Waals surface area contributed by atoms with E-state index in [1.165, 1.54) is 0 Å². The van der Waals surface area contributed by atoms with E-state index in [-0.39, 0.29) is 62.7 Å². The van der Waals surface area contributed by atoms with E-state index in [0.717, 1.165) is 74.5 Å². The van der Waals surface area contributed by atoms with Crippen molar-refractivity contribution in [1.82, 2.24) is 9.80 Å². The van der Waals surface area contributed by atoms with Crippen molar-refractivity contribution in [3.63, 3.8) is 0 Å². The minimum atomic E-state index is -0.876. The molecule has 2 atom stereocenters. The van der Waals surface area contributed by atoms with Crippen LogP contribution in [0.3, 0.4) is 0 Å². The normalized spacial score (nSPS) is 26.7. The lowest BCUT2D eigenvalue weighted by molar-refractivity contribution is -0.168. The van der Waals surface area contributed by atoms with Crippen LogP contribution in [0.1, 0.15) is 184 Å². The molecule has 6 heteroatoms. The molecule has 52 heavy (non-hydrogen) atoms. The first kappa shape index (κ1) is 42.8. The molecule has 3 aliphatic rings. The van der Waals surface area contributed by atoms with Crippen molar-refractivity contribution >= 4 is 11.8 Å². The molecule has 2 aliphatic heterocycles. The third kappa shape index (κ3) is 8.79. The van der Waals surface area contributed by atoms with Crippen LogP contribution >= 0.6 is 0 Å². The maximum atomic E-state index is 15.1. The van der Waals surface area contributed by atoms with Gasteiger partial charge in [0.25, 0.3) is 0 Å². The van der Waals surface area contributed by atoms with Crippen LogP contribution in [0.5, 0.6) is 5.75 Å². The molecule has 1 N–H and O–H groups in total. The lowest BCUT2D eigenvalue weighted by Gasteiger charge is -2.57. The zero-order chi connectivity index (χ0) is 39.6. The smallest absolute Gasteiger partial charge is 0.317 e. The molecule has 0 spiro atoms. The number of Topliss-reactive ketones (excluding diaryl/α,β-unsaturated/α-hetero) is 1. The number of carbonyl (C=O) groups is 2. The van der Waals surface area contributed by atoms with Crippen molar-refractivity contribution in [3.8, 4) is 5.75 Å². The van der Waals surface area contributed by atoms with E-state index < -0.39 is 5.92 Å². The molecule has 4 rings (SSSR count). The predicted molar refractivity (Wildman–Crippen MR) is 216 cm³/mol. The number of rotatable bonds is 10. The minimum Gasteiger partial charge on any atom is -0.507 e. The summed E-state index contributed by atoms with van der Waals surface area (Å²) in [4.78, 5) is 34.9. The van der Waals surface area contributed by atoms with Gasteiger partial charge >= 0.3 is 5.97 Å². The fourth-order valence-electron chi connectivity index (χ4n) is 10.4. The van der Waals surface area contributed by atoms with Gasteiger partial charge in [0.2, 0.25) is 0 Å². The Morgan fingerprint density at radius 1 is 0.769 bits per heavy atom. The number of aromatic hydroxyl groups is 1. The molecule has 1 saturated carbocycles. The molecule has 6 nitrogen and oxygen atoms in total. The maximum absolute atomic E-state index is 15.1. The number of ketones is 1. The quantitative estimate of drug-likeness (QED) is 0.192. The van der Waals surface area contributed by atoms with Crippen LogP contribution in [0.4, 0.5) is 0 Å². The summed E-state index contributed by atoms with van der Waals surface area (Å²) in [6.45, 7) is 33.2. The Morgan fingerprint density at radius 2 is 1.19 bits per heavy atom. The second kappa shape index (κ2) is 14.6. The van der Waals surface area contributed by atoms with Gasteiger partial charge in [-0.3, -0.25) is 19.4 Å². The first-order valence-electron chi connectivity index (χ1n) is 20.6. The molecule has 1 aliphatic carbocycles. The Bertz CT molecular complexity index is 1380. The number of hydrogen-bond donors (Lipinski definition) is 1. The van der Waals surface area contributed by atoms with Crippen molar-refractivity contribution in [2.45, 2.75) is 207 Å². The predicted octanol–water partition coefficient (Wildman–Crippen LogP) is 10.6. The van der Waals surface area contributed by atoms with Crippen molar-refractivity contribution in [1.29, 1.82) is 0 Å². The summed E-state index contributed by atoms with van der Waals surface area (Å²) in [7, 11) is 4.41. The monoisotopic (exact) mass is 723 g/mol. The highest BCUT2D eigenvalue weighted by Crippen LogP contribution is 2.52. The van der Waals surface area contributed by atoms with Gasteiger partial charge in [-0.1, -0.05) is 73.4 Å². The number of ether oxygens (including phenoxy) is 1. The van der Waals surface area contributed by atoms with Crippen LogP contribution in [0, 0.1) is 23.7 Å². The van der Waals surface area contributed by atoms with Crippen molar-refractivity contribution in [3.05, 3.63) is 28.8 Å². The van der Waals surface area contributed by atoms with Crippen LogP contribution < -0.4 is 0 Å². The fraction of sp³-hybridized carbons (Fsp3) is 0.826. The first-order valence-corrected chi connectivity index (χ1v) is 20.6. The summed E-state index contributed by atoms with van der Waals surface area (Å²) in [5.74, 6) is -0.224. The van der Waals surface area contributed by atoms with Crippen LogP contribution in [0.2, 0.25) is 0 Å². The minimum absolute atomic E-state index is 0.0722. The van der Waals surface area contributed by atoms with Crippen molar-refractivity contribution in [2.24, 2.45) is 23.7 Å². The molecule has 2 heterocycles. The number of unbranched alkanes of at least 4 members (excludes halogenated alkanes) is 1. The Kier molecular flexibility index (Phi) is 12.0. The highest BCUT2D eigenvalue weighted by atomic mass is 16.5. The number of likely N-dealkylation sites (tertiary alicyclic amines) is 2. The van der Waals surface area contributed by atoms with Crippen LogP contribution in [-0.2, 0) is 25.2 Å². The lowest BCUT2D eigenvalue weighted by Crippen LogP contribution is -2.60. The first-order chi connectivity index (χ1) is 23.5. The van der Waals surface area contributed by atoms with Gasteiger partial charge in [0, 0.05) is 46.8 Å². The van der Waals surface area contributed by atoms with E-state index in [4.69, 9.17) is 4.74 Å². The summed E-state index contributed by atoms with van der Waals surface area (Å²) >= 11 is 0. The van der Waals surface area contributed by atoms with E-state index in [1.807, 2.05) is 0 Å². The van der Waals surface area contributed by atoms with Gasteiger partial charge in [-0.15, -0.1) is 0 Å². The number of phenols is 1. The van der Waals surface area contributed by atoms with E-state index in [9.17, 15) is 9.90 Å². The van der Waals surface area contributed by atoms with Crippen molar-refractivity contribution in [2.75, 3.05) is 14.1 Å². The Balaban J connectivity index is 1.76. The fourth-order valence-corrected chi connectivity index (χ4v) is 10.4. The molecular formula is C46H78N2O4. The second-order valence-electron chi connectivity index (χ2n) is 22.0. The topological polar surface area (TPSA) is 70.1 Å². The summed E-state index contributed by atoms with van der Waals surface area (Å²) in [5, 5.41) is 11.6. The molecule has 3 fully saturated rings. The zero-order valence-electron chi connectivity index (χ0n) is 36.5. The molecule has 296 valence electrons. The molecule has 1 aromatic rings. The molecule has 2 saturated heterocycles.